The van der Waals surface area contributed by atoms with Crippen molar-refractivity contribution >= 4 is 11.9 Å². The van der Waals surface area contributed by atoms with Gasteiger partial charge in [0.25, 0.3) is 0 Å². The molecular weight excluding hydrogens is 366 g/mol. The first-order valence-corrected chi connectivity index (χ1v) is 10.4. The molecule has 1 atom stereocenters. The topological polar surface area (TPSA) is 82.8 Å². The molecule has 1 aromatic heterocycles. The first-order chi connectivity index (χ1) is 14.1. The molecule has 29 heavy (non-hydrogen) atoms. The lowest BCUT2D eigenvalue weighted by molar-refractivity contribution is -0.129. The third-order valence-corrected chi connectivity index (χ3v) is 5.02. The first kappa shape index (κ1) is 20.9. The molecule has 1 aromatic carbocycles. The van der Waals surface area contributed by atoms with Crippen LogP contribution in [-0.2, 0) is 11.2 Å². The fourth-order valence-electron chi connectivity index (χ4n) is 3.37. The molecule has 1 aliphatic rings. The van der Waals surface area contributed by atoms with Gasteiger partial charge in [0.2, 0.25) is 11.8 Å². The van der Waals surface area contributed by atoms with Crippen molar-refractivity contribution in [2.45, 2.75) is 46.1 Å². The molecule has 3 rings (SSSR count). The summed E-state index contributed by atoms with van der Waals surface area (Å²) in [6.45, 7) is 8.96. The van der Waals surface area contributed by atoms with Gasteiger partial charge in [0.15, 0.2) is 5.96 Å². The third-order valence-electron chi connectivity index (χ3n) is 5.02. The summed E-state index contributed by atoms with van der Waals surface area (Å²) in [4.78, 5) is 23.0. The number of aliphatic imine (C=N–C) groups is 1. The maximum atomic E-state index is 11.9. The highest BCUT2D eigenvalue weighted by molar-refractivity contribution is 5.80. The fraction of sp³-hybridized carbons (Fsp3) is 0.500. The van der Waals surface area contributed by atoms with Gasteiger partial charge in [-0.2, -0.15) is 0 Å². The number of oxazole rings is 1. The lowest BCUT2D eigenvalue weighted by Crippen LogP contribution is -2.45. The average molecular weight is 398 g/mol. The van der Waals surface area contributed by atoms with E-state index in [1.54, 1.807) is 6.26 Å². The number of hydrogen-bond donors (Lipinski definition) is 2. The van der Waals surface area contributed by atoms with Gasteiger partial charge in [-0.3, -0.25) is 9.79 Å². The standard InChI is InChI=1S/C22H31N5O2/c1-4-20(28)27-13-11-18(14-27)26-22(23-5-2)24-12-10-19-15-29-21(25-19)17-8-6-16(3)7-9-17/h6-9,15,18H,4-5,10-14H2,1-3H3,(H2,23,24,26). The molecule has 156 valence electrons. The molecule has 2 aromatic rings. The number of hydrogen-bond acceptors (Lipinski definition) is 4. The van der Waals surface area contributed by atoms with Crippen LogP contribution in [0, 0.1) is 6.92 Å². The van der Waals surface area contributed by atoms with Crippen molar-refractivity contribution in [3.8, 4) is 11.5 Å². The van der Waals surface area contributed by atoms with Gasteiger partial charge in [0, 0.05) is 50.6 Å². The van der Waals surface area contributed by atoms with Crippen molar-refractivity contribution in [1.29, 1.82) is 0 Å². The SMILES string of the molecule is CCNC(=NCCc1coc(-c2ccc(C)cc2)n1)NC1CCN(C(=O)CC)C1. The zero-order chi connectivity index (χ0) is 20.6. The summed E-state index contributed by atoms with van der Waals surface area (Å²) < 4.78 is 5.62. The van der Waals surface area contributed by atoms with Gasteiger partial charge in [-0.1, -0.05) is 24.6 Å². The molecule has 0 spiro atoms. The molecule has 7 heteroatoms. The van der Waals surface area contributed by atoms with Crippen LogP contribution < -0.4 is 10.6 Å². The Hall–Kier alpha value is -2.83. The number of guanidine groups is 1. The Balaban J connectivity index is 1.53. The van der Waals surface area contributed by atoms with Gasteiger partial charge in [-0.05, 0) is 32.4 Å². The number of aromatic nitrogens is 1. The van der Waals surface area contributed by atoms with Crippen LogP contribution in [0.25, 0.3) is 11.5 Å². The molecule has 2 heterocycles. The normalized spacial score (nSPS) is 16.9. The smallest absolute Gasteiger partial charge is 0.226 e. The second kappa shape index (κ2) is 10.1. The maximum absolute atomic E-state index is 11.9. The summed E-state index contributed by atoms with van der Waals surface area (Å²) in [5, 5.41) is 6.73. The monoisotopic (exact) mass is 397 g/mol. The van der Waals surface area contributed by atoms with E-state index in [1.165, 1.54) is 5.56 Å². The van der Waals surface area contributed by atoms with Gasteiger partial charge in [0.05, 0.1) is 5.69 Å². The molecule has 1 fully saturated rings. The zero-order valence-corrected chi connectivity index (χ0v) is 17.6. The number of carbonyl (C=O) groups excluding carboxylic acids is 1. The van der Waals surface area contributed by atoms with E-state index < -0.39 is 0 Å². The van der Waals surface area contributed by atoms with E-state index in [0.29, 0.717) is 25.3 Å². The molecule has 1 amide bonds. The van der Waals surface area contributed by atoms with Crippen LogP contribution in [0.3, 0.4) is 0 Å². The van der Waals surface area contributed by atoms with E-state index in [2.05, 4.69) is 39.7 Å². The molecular formula is C22H31N5O2. The Morgan fingerprint density at radius 3 is 2.83 bits per heavy atom. The lowest BCUT2D eigenvalue weighted by atomic mass is 10.1. The summed E-state index contributed by atoms with van der Waals surface area (Å²) in [6.07, 6.45) is 3.91. The minimum Gasteiger partial charge on any atom is -0.444 e. The molecule has 7 nitrogen and oxygen atoms in total. The Labute approximate surface area is 172 Å². The lowest BCUT2D eigenvalue weighted by Gasteiger charge is -2.18. The predicted octanol–water partition coefficient (Wildman–Crippen LogP) is 2.76. The Morgan fingerprint density at radius 1 is 1.31 bits per heavy atom. The minimum absolute atomic E-state index is 0.214. The largest absolute Gasteiger partial charge is 0.444 e. The first-order valence-electron chi connectivity index (χ1n) is 10.4. The second-order valence-corrected chi connectivity index (χ2v) is 7.34. The Bertz CT molecular complexity index is 828. The van der Waals surface area contributed by atoms with Gasteiger partial charge < -0.3 is 20.0 Å². The number of benzene rings is 1. The molecule has 1 saturated heterocycles. The summed E-state index contributed by atoms with van der Waals surface area (Å²) >= 11 is 0. The number of rotatable bonds is 7. The molecule has 2 N–H and O–H groups in total. The van der Waals surface area contributed by atoms with E-state index >= 15 is 0 Å². The van der Waals surface area contributed by atoms with E-state index in [0.717, 1.165) is 43.3 Å². The van der Waals surface area contributed by atoms with E-state index in [4.69, 9.17) is 4.42 Å². The predicted molar refractivity (Wildman–Crippen MR) is 115 cm³/mol. The van der Waals surface area contributed by atoms with Gasteiger partial charge in [0.1, 0.15) is 6.26 Å². The minimum atomic E-state index is 0.214. The second-order valence-electron chi connectivity index (χ2n) is 7.34. The van der Waals surface area contributed by atoms with Crippen molar-refractivity contribution in [3.63, 3.8) is 0 Å². The quantitative estimate of drug-likeness (QED) is 0.555. The Kier molecular flexibility index (Phi) is 7.27. The molecule has 0 saturated carbocycles. The summed E-state index contributed by atoms with van der Waals surface area (Å²) in [6, 6.07) is 8.38. The van der Waals surface area contributed by atoms with Crippen LogP contribution in [0.5, 0.6) is 0 Å². The number of amides is 1. The number of likely N-dealkylation sites (tertiary alicyclic amines) is 1. The van der Waals surface area contributed by atoms with Crippen LogP contribution in [0.15, 0.2) is 39.9 Å². The average Bonchev–Trinajstić information content (AvgIpc) is 3.38. The molecule has 0 radical (unpaired) electrons. The number of aryl methyl sites for hydroxylation is 1. The van der Waals surface area contributed by atoms with E-state index in [9.17, 15) is 4.79 Å². The maximum Gasteiger partial charge on any atom is 0.226 e. The highest BCUT2D eigenvalue weighted by atomic mass is 16.3. The Morgan fingerprint density at radius 2 is 2.10 bits per heavy atom. The van der Waals surface area contributed by atoms with Crippen molar-refractivity contribution in [2.75, 3.05) is 26.2 Å². The van der Waals surface area contributed by atoms with Crippen LogP contribution in [0.2, 0.25) is 0 Å². The number of nitrogens with zero attached hydrogens (tertiary/aromatic N) is 3. The number of nitrogens with one attached hydrogen (secondary N) is 2. The molecule has 0 bridgehead atoms. The van der Waals surface area contributed by atoms with Crippen LogP contribution >= 0.6 is 0 Å². The molecule has 1 unspecified atom stereocenters. The zero-order valence-electron chi connectivity index (χ0n) is 17.6. The van der Waals surface area contributed by atoms with Crippen molar-refractivity contribution < 1.29 is 9.21 Å². The van der Waals surface area contributed by atoms with E-state index in [1.807, 2.05) is 30.9 Å². The highest BCUT2D eigenvalue weighted by Gasteiger charge is 2.25. The van der Waals surface area contributed by atoms with Crippen molar-refractivity contribution in [2.24, 2.45) is 4.99 Å². The summed E-state index contributed by atoms with van der Waals surface area (Å²) in [7, 11) is 0. The summed E-state index contributed by atoms with van der Waals surface area (Å²) in [5.41, 5.74) is 3.08. The molecule has 1 aliphatic heterocycles. The molecule has 0 aliphatic carbocycles. The van der Waals surface area contributed by atoms with Crippen molar-refractivity contribution in [3.05, 3.63) is 41.8 Å². The van der Waals surface area contributed by atoms with Crippen LogP contribution in [0.1, 0.15) is 37.9 Å². The highest BCUT2D eigenvalue weighted by Crippen LogP contribution is 2.19. The van der Waals surface area contributed by atoms with Crippen LogP contribution in [0.4, 0.5) is 0 Å². The van der Waals surface area contributed by atoms with Gasteiger partial charge >= 0.3 is 0 Å². The van der Waals surface area contributed by atoms with E-state index in [-0.39, 0.29) is 11.9 Å². The third kappa shape index (κ3) is 5.82. The number of carbonyl (C=O) groups is 1. The van der Waals surface area contributed by atoms with Crippen molar-refractivity contribution in [1.82, 2.24) is 20.5 Å². The van der Waals surface area contributed by atoms with Gasteiger partial charge in [-0.25, -0.2) is 4.98 Å². The fourth-order valence-corrected chi connectivity index (χ4v) is 3.37. The summed E-state index contributed by atoms with van der Waals surface area (Å²) in [5.74, 6) is 1.64. The van der Waals surface area contributed by atoms with Crippen LogP contribution in [-0.4, -0.2) is 54.0 Å². The van der Waals surface area contributed by atoms with Gasteiger partial charge in [-0.15, -0.1) is 0 Å².